The van der Waals surface area contributed by atoms with Gasteiger partial charge in [-0.1, -0.05) is 12.1 Å². The molecular weight excluding hydrogens is 226 g/mol. The summed E-state index contributed by atoms with van der Waals surface area (Å²) < 4.78 is 5.39. The van der Waals surface area contributed by atoms with Crippen LogP contribution in [0.1, 0.15) is 25.7 Å². The zero-order valence-electron chi connectivity index (χ0n) is 10.9. The Bertz CT molecular complexity index is 412. The second-order valence-corrected chi connectivity index (χ2v) is 5.57. The summed E-state index contributed by atoms with van der Waals surface area (Å²) in [6.45, 7) is 0.223. The molecule has 0 unspecified atom stereocenters. The molecule has 3 heteroatoms. The Morgan fingerprint density at radius 1 is 1.22 bits per heavy atom. The first kappa shape index (κ1) is 11.8. The summed E-state index contributed by atoms with van der Waals surface area (Å²) >= 11 is 0. The van der Waals surface area contributed by atoms with Crippen LogP contribution in [-0.2, 0) is 0 Å². The average molecular weight is 247 g/mol. The molecule has 2 saturated carbocycles. The minimum absolute atomic E-state index is 0.116. The molecule has 2 aliphatic carbocycles. The minimum atomic E-state index is -0.116. The summed E-state index contributed by atoms with van der Waals surface area (Å²) in [7, 11) is 1.69. The largest absolute Gasteiger partial charge is 0.495 e. The van der Waals surface area contributed by atoms with Gasteiger partial charge in [-0.3, -0.25) is 0 Å². The van der Waals surface area contributed by atoms with Gasteiger partial charge in [0.05, 0.1) is 24.9 Å². The lowest BCUT2D eigenvalue weighted by Crippen LogP contribution is -2.46. The van der Waals surface area contributed by atoms with Gasteiger partial charge in [-0.2, -0.15) is 0 Å². The van der Waals surface area contributed by atoms with Crippen LogP contribution >= 0.6 is 0 Å². The van der Waals surface area contributed by atoms with Crippen LogP contribution in [-0.4, -0.2) is 24.4 Å². The molecule has 2 N–H and O–H groups in total. The number of aliphatic hydroxyl groups excluding tert-OH is 1. The van der Waals surface area contributed by atoms with Crippen molar-refractivity contribution >= 4 is 5.69 Å². The maximum absolute atomic E-state index is 9.92. The highest BCUT2D eigenvalue weighted by atomic mass is 16.5. The molecule has 0 radical (unpaired) electrons. The second-order valence-electron chi connectivity index (χ2n) is 5.57. The van der Waals surface area contributed by atoms with Crippen molar-refractivity contribution < 1.29 is 9.84 Å². The molecule has 3 rings (SSSR count). The number of para-hydroxylation sites is 2. The highest BCUT2D eigenvalue weighted by Crippen LogP contribution is 2.53. The van der Waals surface area contributed by atoms with E-state index in [1.807, 2.05) is 24.3 Å². The Balaban J connectivity index is 1.88. The lowest BCUT2D eigenvalue weighted by Gasteiger charge is -2.35. The van der Waals surface area contributed by atoms with Gasteiger partial charge in [0.25, 0.3) is 0 Å². The molecule has 0 aliphatic heterocycles. The number of methoxy groups -OCH3 is 1. The van der Waals surface area contributed by atoms with Gasteiger partial charge in [0.2, 0.25) is 0 Å². The lowest BCUT2D eigenvalue weighted by molar-refractivity contribution is 0.173. The summed E-state index contributed by atoms with van der Waals surface area (Å²) in [6.07, 6.45) is 4.94. The number of hydrogen-bond donors (Lipinski definition) is 2. The Labute approximate surface area is 108 Å². The van der Waals surface area contributed by atoms with Crippen LogP contribution in [0, 0.1) is 11.8 Å². The monoisotopic (exact) mass is 247 g/mol. The molecule has 1 aromatic carbocycles. The molecule has 98 valence electrons. The number of nitrogens with one attached hydrogen (secondary N) is 1. The quantitative estimate of drug-likeness (QED) is 0.812. The first-order chi connectivity index (χ1) is 8.80. The van der Waals surface area contributed by atoms with Gasteiger partial charge in [0.15, 0.2) is 0 Å². The van der Waals surface area contributed by atoms with E-state index in [-0.39, 0.29) is 12.1 Å². The maximum Gasteiger partial charge on any atom is 0.141 e. The second kappa shape index (κ2) is 4.47. The van der Waals surface area contributed by atoms with Crippen LogP contribution in [0.4, 0.5) is 5.69 Å². The Hall–Kier alpha value is -1.22. The fourth-order valence-electron chi connectivity index (χ4n) is 3.03. The van der Waals surface area contributed by atoms with Crippen molar-refractivity contribution in [2.24, 2.45) is 11.8 Å². The highest BCUT2D eigenvalue weighted by Gasteiger charge is 2.54. The van der Waals surface area contributed by atoms with E-state index in [0.29, 0.717) is 11.8 Å². The molecule has 0 bridgehead atoms. The molecule has 0 heterocycles. The molecule has 0 saturated heterocycles. The summed E-state index contributed by atoms with van der Waals surface area (Å²) in [6, 6.07) is 7.98. The molecule has 18 heavy (non-hydrogen) atoms. The average Bonchev–Trinajstić information content (AvgIpc) is 3.29. The minimum Gasteiger partial charge on any atom is -0.495 e. The smallest absolute Gasteiger partial charge is 0.141 e. The summed E-state index contributed by atoms with van der Waals surface area (Å²) in [5.74, 6) is 2.11. The van der Waals surface area contributed by atoms with Gasteiger partial charge in [0, 0.05) is 0 Å². The third kappa shape index (κ3) is 1.97. The van der Waals surface area contributed by atoms with Crippen LogP contribution < -0.4 is 10.1 Å². The van der Waals surface area contributed by atoms with Crippen molar-refractivity contribution in [3.05, 3.63) is 24.3 Å². The number of aliphatic hydroxyl groups is 1. The Kier molecular flexibility index (Phi) is 2.94. The van der Waals surface area contributed by atoms with E-state index >= 15 is 0 Å². The molecule has 0 aromatic heterocycles. The van der Waals surface area contributed by atoms with E-state index in [9.17, 15) is 5.11 Å². The van der Waals surface area contributed by atoms with Crippen molar-refractivity contribution in [2.45, 2.75) is 31.2 Å². The van der Waals surface area contributed by atoms with Crippen LogP contribution in [0.2, 0.25) is 0 Å². The summed E-state index contributed by atoms with van der Waals surface area (Å²) in [5, 5.41) is 13.5. The van der Waals surface area contributed by atoms with Gasteiger partial charge in [0.1, 0.15) is 5.75 Å². The molecule has 1 aromatic rings. The van der Waals surface area contributed by atoms with Gasteiger partial charge in [-0.25, -0.2) is 0 Å². The van der Waals surface area contributed by atoms with Crippen molar-refractivity contribution in [2.75, 3.05) is 19.0 Å². The van der Waals surface area contributed by atoms with Crippen molar-refractivity contribution in [1.82, 2.24) is 0 Å². The number of rotatable bonds is 6. The van der Waals surface area contributed by atoms with Crippen LogP contribution in [0.3, 0.4) is 0 Å². The number of anilines is 1. The van der Waals surface area contributed by atoms with Crippen LogP contribution in [0.5, 0.6) is 5.75 Å². The van der Waals surface area contributed by atoms with Gasteiger partial charge in [-0.15, -0.1) is 0 Å². The molecule has 0 amide bonds. The number of benzene rings is 1. The Morgan fingerprint density at radius 3 is 2.33 bits per heavy atom. The predicted molar refractivity (Wildman–Crippen MR) is 71.9 cm³/mol. The van der Waals surface area contributed by atoms with E-state index in [0.717, 1.165) is 11.4 Å². The zero-order chi connectivity index (χ0) is 12.6. The van der Waals surface area contributed by atoms with E-state index in [1.54, 1.807) is 7.11 Å². The maximum atomic E-state index is 9.92. The van der Waals surface area contributed by atoms with Gasteiger partial charge in [-0.05, 0) is 49.7 Å². The molecule has 3 nitrogen and oxygen atoms in total. The lowest BCUT2D eigenvalue weighted by atomic mass is 9.88. The summed E-state index contributed by atoms with van der Waals surface area (Å²) in [5.41, 5.74) is 0.891. The van der Waals surface area contributed by atoms with E-state index in [4.69, 9.17) is 4.74 Å². The normalized spacial score (nSPS) is 19.7. The van der Waals surface area contributed by atoms with E-state index in [2.05, 4.69) is 5.32 Å². The first-order valence-corrected chi connectivity index (χ1v) is 6.82. The van der Waals surface area contributed by atoms with Crippen molar-refractivity contribution in [3.63, 3.8) is 0 Å². The zero-order valence-corrected chi connectivity index (χ0v) is 10.9. The Morgan fingerprint density at radius 2 is 1.83 bits per heavy atom. The highest BCUT2D eigenvalue weighted by molar-refractivity contribution is 5.58. The third-order valence-electron chi connectivity index (χ3n) is 4.35. The third-order valence-corrected chi connectivity index (χ3v) is 4.35. The SMILES string of the molecule is COc1ccccc1NC(CO)(C1CC1)C1CC1. The van der Waals surface area contributed by atoms with Crippen molar-refractivity contribution in [3.8, 4) is 5.75 Å². The van der Waals surface area contributed by atoms with E-state index in [1.165, 1.54) is 25.7 Å². The topological polar surface area (TPSA) is 41.5 Å². The number of ether oxygens (including phenoxy) is 1. The fraction of sp³-hybridized carbons (Fsp3) is 0.600. The van der Waals surface area contributed by atoms with Crippen molar-refractivity contribution in [1.29, 1.82) is 0 Å². The summed E-state index contributed by atoms with van der Waals surface area (Å²) in [4.78, 5) is 0. The molecule has 2 aliphatic rings. The fourth-order valence-corrected chi connectivity index (χ4v) is 3.03. The molecule has 2 fully saturated rings. The molecular formula is C15H21NO2. The van der Waals surface area contributed by atoms with Crippen LogP contribution in [0.25, 0.3) is 0 Å². The molecule has 0 spiro atoms. The molecule has 0 atom stereocenters. The van der Waals surface area contributed by atoms with Gasteiger partial charge < -0.3 is 15.2 Å². The van der Waals surface area contributed by atoms with Crippen LogP contribution in [0.15, 0.2) is 24.3 Å². The standard InChI is InChI=1S/C15H21NO2/c1-18-14-5-3-2-4-13(14)16-15(10-17,11-6-7-11)12-8-9-12/h2-5,11-12,16-17H,6-10H2,1H3. The van der Waals surface area contributed by atoms with Gasteiger partial charge >= 0.3 is 0 Å². The van der Waals surface area contributed by atoms with E-state index < -0.39 is 0 Å². The predicted octanol–water partition coefficient (Wildman–Crippen LogP) is 2.66. The first-order valence-electron chi connectivity index (χ1n) is 6.82. The number of hydrogen-bond acceptors (Lipinski definition) is 3.